The van der Waals surface area contributed by atoms with Crippen molar-refractivity contribution in [2.24, 2.45) is 0 Å². The zero-order chi connectivity index (χ0) is 25.2. The van der Waals surface area contributed by atoms with Crippen molar-refractivity contribution in [2.75, 3.05) is 13.1 Å². The Bertz CT molecular complexity index is 1380. The van der Waals surface area contributed by atoms with Gasteiger partial charge in [0.1, 0.15) is 5.82 Å². The van der Waals surface area contributed by atoms with E-state index in [1.165, 1.54) is 4.90 Å². The van der Waals surface area contributed by atoms with Gasteiger partial charge >= 0.3 is 0 Å². The summed E-state index contributed by atoms with van der Waals surface area (Å²) in [6.45, 7) is 11.8. The van der Waals surface area contributed by atoms with Crippen molar-refractivity contribution in [3.8, 4) is 0 Å². The van der Waals surface area contributed by atoms with Gasteiger partial charge in [0.15, 0.2) is 0 Å². The second-order valence-electron chi connectivity index (χ2n) is 8.54. The molecule has 2 N–H and O–H groups in total. The van der Waals surface area contributed by atoms with Crippen LogP contribution in [0, 0.1) is 34.6 Å². The normalized spacial score (nSPS) is 11.7. The summed E-state index contributed by atoms with van der Waals surface area (Å²) < 4.78 is 28.7. The van der Waals surface area contributed by atoms with E-state index in [1.807, 2.05) is 41.5 Å². The van der Waals surface area contributed by atoms with Crippen LogP contribution in [0.5, 0.6) is 0 Å². The second kappa shape index (κ2) is 10.1. The van der Waals surface area contributed by atoms with Gasteiger partial charge < -0.3 is 9.88 Å². The quantitative estimate of drug-likeness (QED) is 0.510. The van der Waals surface area contributed by atoms with Crippen molar-refractivity contribution in [1.29, 1.82) is 0 Å². The van der Waals surface area contributed by atoms with Crippen molar-refractivity contribution in [2.45, 2.75) is 59.4 Å². The Hall–Kier alpha value is -3.04. The van der Waals surface area contributed by atoms with Crippen molar-refractivity contribution in [3.05, 3.63) is 68.3 Å². The molecule has 0 atom stereocenters. The number of para-hydroxylation sites is 1. The summed E-state index contributed by atoms with van der Waals surface area (Å²) in [5.74, 6) is 0.155. The highest BCUT2D eigenvalue weighted by atomic mass is 32.2. The molecule has 0 unspecified atom stereocenters. The minimum absolute atomic E-state index is 0.00714. The molecule has 1 heterocycles. The zero-order valence-electron chi connectivity index (χ0n) is 20.6. The van der Waals surface area contributed by atoms with E-state index in [0.717, 1.165) is 27.8 Å². The molecule has 34 heavy (non-hydrogen) atoms. The molecule has 182 valence electrons. The Morgan fingerprint density at radius 1 is 1.00 bits per heavy atom. The third-order valence-corrected chi connectivity index (χ3v) is 8.30. The Kier molecular flexibility index (Phi) is 7.57. The monoisotopic (exact) mass is 484 g/mol. The van der Waals surface area contributed by atoms with Crippen molar-refractivity contribution >= 4 is 26.8 Å². The lowest BCUT2D eigenvalue weighted by Gasteiger charge is -2.21. The van der Waals surface area contributed by atoms with Crippen LogP contribution in [0.15, 0.2) is 34.0 Å². The van der Waals surface area contributed by atoms with Gasteiger partial charge in [-0.25, -0.2) is 18.1 Å². The molecule has 3 aromatic rings. The molecule has 0 fully saturated rings. The van der Waals surface area contributed by atoms with Crippen LogP contribution >= 0.6 is 0 Å². The van der Waals surface area contributed by atoms with Crippen LogP contribution < -0.4 is 10.3 Å². The summed E-state index contributed by atoms with van der Waals surface area (Å²) in [6.07, 6.45) is -0.00714. The molecule has 0 aliphatic carbocycles. The van der Waals surface area contributed by atoms with E-state index in [1.54, 1.807) is 24.3 Å². The molecule has 1 amide bonds. The summed E-state index contributed by atoms with van der Waals surface area (Å²) in [5, 5.41) is 0.488. The molecule has 0 spiro atoms. The number of aromatic amines is 1. The molecule has 9 heteroatoms. The number of carbonyl (C=O) groups excluding carboxylic acids is 1. The lowest BCUT2D eigenvalue weighted by Crippen LogP contribution is -2.35. The highest BCUT2D eigenvalue weighted by Gasteiger charge is 2.24. The zero-order valence-corrected chi connectivity index (χ0v) is 21.4. The molecular formula is C25H32N4O4S. The van der Waals surface area contributed by atoms with Crippen LogP contribution in [-0.2, 0) is 21.4 Å². The maximum Gasteiger partial charge on any atom is 0.258 e. The van der Waals surface area contributed by atoms with Gasteiger partial charge in [-0.3, -0.25) is 9.59 Å². The number of hydrogen-bond donors (Lipinski definition) is 2. The number of rotatable bonds is 8. The first-order valence-electron chi connectivity index (χ1n) is 11.3. The fraction of sp³-hybridized carbons (Fsp3) is 0.400. The molecule has 0 aliphatic rings. The van der Waals surface area contributed by atoms with Gasteiger partial charge in [-0.05, 0) is 81.5 Å². The van der Waals surface area contributed by atoms with Crippen molar-refractivity contribution in [3.63, 3.8) is 0 Å². The Balaban J connectivity index is 1.71. The Morgan fingerprint density at radius 3 is 2.21 bits per heavy atom. The average Bonchev–Trinajstić information content (AvgIpc) is 2.79. The largest absolute Gasteiger partial charge is 0.335 e. The molecule has 0 aliphatic heterocycles. The number of aromatic nitrogens is 2. The highest BCUT2D eigenvalue weighted by molar-refractivity contribution is 7.89. The number of fused-ring (bicyclic) bond motifs is 1. The van der Waals surface area contributed by atoms with Crippen molar-refractivity contribution < 1.29 is 13.2 Å². The molecule has 0 saturated heterocycles. The number of benzene rings is 2. The summed E-state index contributed by atoms with van der Waals surface area (Å²) in [7, 11) is -3.78. The molecule has 8 nitrogen and oxygen atoms in total. The summed E-state index contributed by atoms with van der Waals surface area (Å²) in [6, 6.07) is 7.01. The molecule has 1 aromatic heterocycles. The van der Waals surface area contributed by atoms with Gasteiger partial charge in [-0.1, -0.05) is 12.1 Å². The van der Waals surface area contributed by atoms with Gasteiger partial charge in [0.2, 0.25) is 15.9 Å². The second-order valence-corrected chi connectivity index (χ2v) is 10.2. The lowest BCUT2D eigenvalue weighted by atomic mass is 9.95. The average molecular weight is 485 g/mol. The lowest BCUT2D eigenvalue weighted by molar-refractivity contribution is -0.131. The van der Waals surface area contributed by atoms with Crippen LogP contribution in [0.3, 0.4) is 0 Å². The summed E-state index contributed by atoms with van der Waals surface area (Å²) in [4.78, 5) is 34.1. The number of carbonyl (C=O) groups is 1. The maximum absolute atomic E-state index is 13.1. The van der Waals surface area contributed by atoms with E-state index in [2.05, 4.69) is 14.7 Å². The van der Waals surface area contributed by atoms with Crippen LogP contribution in [0.1, 0.15) is 47.0 Å². The van der Waals surface area contributed by atoms with Crippen LogP contribution in [-0.4, -0.2) is 42.3 Å². The van der Waals surface area contributed by atoms with E-state index in [9.17, 15) is 18.0 Å². The third kappa shape index (κ3) is 5.05. The molecular weight excluding hydrogens is 452 g/mol. The molecule has 3 rings (SSSR count). The minimum Gasteiger partial charge on any atom is -0.335 e. The van der Waals surface area contributed by atoms with E-state index in [0.29, 0.717) is 23.3 Å². The predicted molar refractivity (Wildman–Crippen MR) is 133 cm³/mol. The van der Waals surface area contributed by atoms with E-state index < -0.39 is 10.0 Å². The third-order valence-electron chi connectivity index (χ3n) is 6.57. The van der Waals surface area contributed by atoms with E-state index in [4.69, 9.17) is 0 Å². The SMILES string of the molecule is CCN(Cc1nc2ccccc2c(=O)[nH]1)C(=O)CCNS(=O)(=O)c1c(C)c(C)c(C)c(C)c1C. The topological polar surface area (TPSA) is 112 Å². The number of nitrogens with zero attached hydrogens (tertiary/aromatic N) is 2. The van der Waals surface area contributed by atoms with Crippen molar-refractivity contribution in [1.82, 2.24) is 19.6 Å². The Morgan fingerprint density at radius 2 is 1.59 bits per heavy atom. The number of nitrogens with one attached hydrogen (secondary N) is 2. The fourth-order valence-corrected chi connectivity index (χ4v) is 5.79. The predicted octanol–water partition coefficient (Wildman–Crippen LogP) is 3.18. The first-order valence-corrected chi connectivity index (χ1v) is 12.8. The molecule has 0 bridgehead atoms. The standard InChI is InChI=1S/C25H32N4O4S/c1-7-29(14-22-27-21-11-9-8-10-20(21)25(31)28-22)23(30)12-13-26-34(32,33)24-18(5)16(3)15(2)17(4)19(24)6/h8-11,26H,7,12-14H2,1-6H3,(H,27,28,31). The maximum atomic E-state index is 13.1. The first kappa shape index (κ1) is 25.6. The Labute approximate surface area is 200 Å². The van der Waals surface area contributed by atoms with Crippen LogP contribution in [0.4, 0.5) is 0 Å². The number of H-pyrrole nitrogens is 1. The minimum atomic E-state index is -3.78. The van der Waals surface area contributed by atoms with Gasteiger partial charge in [0, 0.05) is 19.5 Å². The van der Waals surface area contributed by atoms with Gasteiger partial charge in [0.25, 0.3) is 5.56 Å². The van der Waals surface area contributed by atoms with Gasteiger partial charge in [0.05, 0.1) is 22.3 Å². The molecule has 0 radical (unpaired) electrons. The van der Waals surface area contributed by atoms with E-state index in [-0.39, 0.29) is 35.9 Å². The number of sulfonamides is 1. The van der Waals surface area contributed by atoms with Gasteiger partial charge in [-0.2, -0.15) is 0 Å². The summed E-state index contributed by atoms with van der Waals surface area (Å²) >= 11 is 0. The van der Waals surface area contributed by atoms with E-state index >= 15 is 0 Å². The smallest absolute Gasteiger partial charge is 0.258 e. The van der Waals surface area contributed by atoms with Gasteiger partial charge in [-0.15, -0.1) is 0 Å². The number of hydrogen-bond acceptors (Lipinski definition) is 5. The molecule has 2 aromatic carbocycles. The fourth-order valence-electron chi connectivity index (χ4n) is 4.16. The highest BCUT2D eigenvalue weighted by Crippen LogP contribution is 2.29. The summed E-state index contributed by atoms with van der Waals surface area (Å²) in [5.41, 5.74) is 4.74. The first-order chi connectivity index (χ1) is 16.0. The number of amides is 1. The van der Waals surface area contributed by atoms with Crippen LogP contribution in [0.25, 0.3) is 10.9 Å². The molecule has 0 saturated carbocycles. The van der Waals surface area contributed by atoms with Crippen LogP contribution in [0.2, 0.25) is 0 Å².